The highest BCUT2D eigenvalue weighted by Crippen LogP contribution is 2.33. The molecule has 0 fully saturated rings. The molecule has 0 aliphatic heterocycles. The van der Waals surface area contributed by atoms with Gasteiger partial charge in [0, 0.05) is 6.42 Å². The Morgan fingerprint density at radius 3 is 2.24 bits per heavy atom. The van der Waals surface area contributed by atoms with E-state index in [-0.39, 0.29) is 6.42 Å². The maximum absolute atomic E-state index is 13.1. The quantitative estimate of drug-likeness (QED) is 0.319. The number of benzene rings is 1. The van der Waals surface area contributed by atoms with Gasteiger partial charge >= 0.3 is 12.3 Å². The summed E-state index contributed by atoms with van der Waals surface area (Å²) in [5.41, 5.74) is 2.15. The van der Waals surface area contributed by atoms with Crippen LogP contribution in [0.25, 0.3) is 5.57 Å². The van der Waals surface area contributed by atoms with Crippen LogP contribution in [0, 0.1) is 0 Å². The third-order valence-electron chi connectivity index (χ3n) is 3.14. The minimum Gasteiger partial charge on any atom is -0.204 e. The molecule has 0 heterocycles. The molecule has 0 aliphatic rings. The van der Waals surface area contributed by atoms with Gasteiger partial charge in [-0.3, -0.25) is 0 Å². The van der Waals surface area contributed by atoms with Gasteiger partial charge in [0.1, 0.15) is 0 Å². The average molecular weight is 298 g/mol. The summed E-state index contributed by atoms with van der Waals surface area (Å²) in [6.07, 6.45) is -1.17. The number of hydrogen-bond acceptors (Lipinski definition) is 0. The first kappa shape index (κ1) is 17.2. The van der Waals surface area contributed by atoms with Gasteiger partial charge < -0.3 is 0 Å². The van der Waals surface area contributed by atoms with Crippen LogP contribution in [0.4, 0.5) is 17.6 Å². The van der Waals surface area contributed by atoms with Crippen molar-refractivity contribution in [3.63, 3.8) is 0 Å². The average Bonchev–Trinajstić information content (AvgIpc) is 2.46. The Morgan fingerprint density at radius 1 is 1.14 bits per heavy atom. The zero-order valence-corrected chi connectivity index (χ0v) is 11.7. The SMILES string of the molecule is C=CC/C(CCC(F)(F)C(F)F)=C(/C=C)c1ccccc1. The molecule has 0 nitrogen and oxygen atoms in total. The van der Waals surface area contributed by atoms with Crippen molar-refractivity contribution in [1.82, 2.24) is 0 Å². The van der Waals surface area contributed by atoms with Crippen molar-refractivity contribution in [2.75, 3.05) is 0 Å². The van der Waals surface area contributed by atoms with Crippen LogP contribution in [-0.2, 0) is 0 Å². The maximum atomic E-state index is 13.1. The number of halogens is 4. The lowest BCUT2D eigenvalue weighted by molar-refractivity contribution is -0.132. The molecule has 0 aromatic heterocycles. The zero-order valence-electron chi connectivity index (χ0n) is 11.7. The molecule has 1 rings (SSSR count). The molecule has 0 unspecified atom stereocenters. The molecule has 21 heavy (non-hydrogen) atoms. The molecular formula is C17H18F4. The van der Waals surface area contributed by atoms with Crippen LogP contribution in [0.3, 0.4) is 0 Å². The van der Waals surface area contributed by atoms with Gasteiger partial charge in [-0.2, -0.15) is 0 Å². The Kier molecular flexibility index (Phi) is 6.40. The van der Waals surface area contributed by atoms with Crippen LogP contribution in [-0.4, -0.2) is 12.3 Å². The molecule has 0 atom stereocenters. The van der Waals surface area contributed by atoms with Gasteiger partial charge in [0.2, 0.25) is 0 Å². The third-order valence-corrected chi connectivity index (χ3v) is 3.14. The summed E-state index contributed by atoms with van der Waals surface area (Å²) in [5.74, 6) is -3.98. The van der Waals surface area contributed by atoms with Crippen molar-refractivity contribution in [1.29, 1.82) is 0 Å². The van der Waals surface area contributed by atoms with Crippen molar-refractivity contribution in [3.05, 3.63) is 66.8 Å². The maximum Gasteiger partial charge on any atom is 0.307 e. The summed E-state index contributed by atoms with van der Waals surface area (Å²) < 4.78 is 50.7. The molecule has 0 spiro atoms. The number of hydrogen-bond donors (Lipinski definition) is 0. The molecule has 0 bridgehead atoms. The van der Waals surface area contributed by atoms with Crippen molar-refractivity contribution in [2.24, 2.45) is 0 Å². The Labute approximate surface area is 122 Å². The lowest BCUT2D eigenvalue weighted by Gasteiger charge is -2.17. The van der Waals surface area contributed by atoms with Crippen molar-refractivity contribution in [2.45, 2.75) is 31.6 Å². The van der Waals surface area contributed by atoms with Gasteiger partial charge in [0.05, 0.1) is 0 Å². The van der Waals surface area contributed by atoms with E-state index < -0.39 is 18.8 Å². The van der Waals surface area contributed by atoms with Crippen LogP contribution in [0.5, 0.6) is 0 Å². The van der Waals surface area contributed by atoms with Gasteiger partial charge in [-0.25, -0.2) is 17.6 Å². The second-order valence-electron chi connectivity index (χ2n) is 4.64. The lowest BCUT2D eigenvalue weighted by Crippen LogP contribution is -2.26. The Morgan fingerprint density at radius 2 is 1.76 bits per heavy atom. The first-order valence-corrected chi connectivity index (χ1v) is 6.59. The topological polar surface area (TPSA) is 0 Å². The third kappa shape index (κ3) is 4.88. The fourth-order valence-corrected chi connectivity index (χ4v) is 2.03. The second-order valence-corrected chi connectivity index (χ2v) is 4.64. The van der Waals surface area contributed by atoms with Crippen LogP contribution in [0.15, 0.2) is 61.2 Å². The largest absolute Gasteiger partial charge is 0.307 e. The van der Waals surface area contributed by atoms with E-state index in [9.17, 15) is 17.6 Å². The summed E-state index contributed by atoms with van der Waals surface area (Å²) in [7, 11) is 0. The summed E-state index contributed by atoms with van der Waals surface area (Å²) in [6, 6.07) is 9.12. The van der Waals surface area contributed by atoms with E-state index in [4.69, 9.17) is 0 Å². The van der Waals surface area contributed by atoms with E-state index in [1.165, 1.54) is 0 Å². The van der Waals surface area contributed by atoms with Gasteiger partial charge in [-0.05, 0) is 24.0 Å². The van der Waals surface area contributed by atoms with Crippen molar-refractivity contribution in [3.8, 4) is 0 Å². The standard InChI is InChI=1S/C17H18F4/c1-3-8-13(11-12-17(20,21)16(18)19)15(4-2)14-9-6-5-7-10-14/h3-7,9-10,16H,1-2,8,11-12H2/b15-13+. The molecule has 0 radical (unpaired) electrons. The van der Waals surface area contributed by atoms with Gasteiger partial charge in [0.25, 0.3) is 0 Å². The summed E-state index contributed by atoms with van der Waals surface area (Å²) in [4.78, 5) is 0. The summed E-state index contributed by atoms with van der Waals surface area (Å²) >= 11 is 0. The highest BCUT2D eigenvalue weighted by atomic mass is 19.3. The van der Waals surface area contributed by atoms with E-state index in [0.29, 0.717) is 17.6 Å². The predicted molar refractivity (Wildman–Crippen MR) is 78.6 cm³/mol. The van der Waals surface area contributed by atoms with E-state index >= 15 is 0 Å². The monoisotopic (exact) mass is 298 g/mol. The van der Waals surface area contributed by atoms with E-state index in [1.54, 1.807) is 12.2 Å². The normalized spacial score (nSPS) is 13.0. The molecular weight excluding hydrogens is 280 g/mol. The smallest absolute Gasteiger partial charge is 0.204 e. The molecule has 0 saturated carbocycles. The highest BCUT2D eigenvalue weighted by molar-refractivity contribution is 5.76. The Hall–Kier alpha value is -1.84. The highest BCUT2D eigenvalue weighted by Gasteiger charge is 2.40. The molecule has 0 amide bonds. The van der Waals surface area contributed by atoms with Gasteiger partial charge in [-0.1, -0.05) is 54.6 Å². The Balaban J connectivity index is 3.05. The minimum absolute atomic E-state index is 0.125. The fourth-order valence-electron chi connectivity index (χ4n) is 2.03. The lowest BCUT2D eigenvalue weighted by atomic mass is 9.93. The second kappa shape index (κ2) is 7.81. The van der Waals surface area contributed by atoms with Crippen LogP contribution >= 0.6 is 0 Å². The molecule has 1 aromatic rings. The predicted octanol–water partition coefficient (Wildman–Crippen LogP) is 5.88. The number of alkyl halides is 4. The molecule has 0 saturated heterocycles. The molecule has 0 N–H and O–H groups in total. The van der Waals surface area contributed by atoms with E-state index in [1.807, 2.05) is 30.3 Å². The van der Waals surface area contributed by atoms with E-state index in [2.05, 4.69) is 13.2 Å². The fraction of sp³-hybridized carbons (Fsp3) is 0.294. The minimum atomic E-state index is -3.98. The van der Waals surface area contributed by atoms with Crippen LogP contribution in [0.1, 0.15) is 24.8 Å². The molecule has 1 aromatic carbocycles. The van der Waals surface area contributed by atoms with Crippen LogP contribution < -0.4 is 0 Å². The van der Waals surface area contributed by atoms with Gasteiger partial charge in [0.15, 0.2) is 0 Å². The molecule has 0 aliphatic carbocycles. The zero-order chi connectivity index (χ0) is 15.9. The Bertz CT molecular complexity index is 501. The summed E-state index contributed by atoms with van der Waals surface area (Å²) in [6.45, 7) is 7.28. The number of rotatable bonds is 8. The van der Waals surface area contributed by atoms with E-state index in [0.717, 1.165) is 5.56 Å². The molecule has 4 heteroatoms. The first-order chi connectivity index (χ1) is 9.92. The van der Waals surface area contributed by atoms with Crippen molar-refractivity contribution >= 4 is 5.57 Å². The molecule has 114 valence electrons. The first-order valence-electron chi connectivity index (χ1n) is 6.59. The van der Waals surface area contributed by atoms with Gasteiger partial charge in [-0.15, -0.1) is 6.58 Å². The van der Waals surface area contributed by atoms with Crippen LogP contribution in [0.2, 0.25) is 0 Å². The summed E-state index contributed by atoms with van der Waals surface area (Å²) in [5, 5.41) is 0. The number of allylic oxidation sites excluding steroid dienone is 4. The van der Waals surface area contributed by atoms with Crippen molar-refractivity contribution < 1.29 is 17.6 Å².